The first kappa shape index (κ1) is 23.2. The first-order chi connectivity index (χ1) is 16.6. The Kier molecular flexibility index (Phi) is 7.32. The van der Waals surface area contributed by atoms with Crippen molar-refractivity contribution in [2.45, 2.75) is 19.4 Å². The van der Waals surface area contributed by atoms with E-state index in [2.05, 4.69) is 5.32 Å². The number of hydrogen-bond donors (Lipinski definition) is 1. The molecule has 3 aromatic carbocycles. The zero-order valence-electron chi connectivity index (χ0n) is 19.5. The normalized spacial score (nSPS) is 13.5. The summed E-state index contributed by atoms with van der Waals surface area (Å²) in [7, 11) is 3.24. The molecule has 34 heavy (non-hydrogen) atoms. The summed E-state index contributed by atoms with van der Waals surface area (Å²) < 4.78 is 10.4. The molecule has 0 aromatic heterocycles. The Morgan fingerprint density at radius 1 is 0.882 bits per heavy atom. The molecule has 1 saturated heterocycles. The number of ether oxygens (including phenoxy) is 2. The van der Waals surface area contributed by atoms with E-state index in [1.54, 1.807) is 19.1 Å². The molecule has 176 valence electrons. The van der Waals surface area contributed by atoms with Gasteiger partial charge in [0.05, 0.1) is 20.6 Å². The van der Waals surface area contributed by atoms with Crippen molar-refractivity contribution < 1.29 is 19.1 Å². The van der Waals surface area contributed by atoms with Gasteiger partial charge in [-0.15, -0.1) is 0 Å². The third kappa shape index (κ3) is 5.67. The Hall–Kier alpha value is -4.00. The highest BCUT2D eigenvalue weighted by Crippen LogP contribution is 2.24. The molecule has 0 radical (unpaired) electrons. The van der Waals surface area contributed by atoms with Crippen molar-refractivity contribution in [3.8, 4) is 11.5 Å². The second-order valence-electron chi connectivity index (χ2n) is 8.18. The maximum absolute atomic E-state index is 13.1. The lowest BCUT2D eigenvalue weighted by atomic mass is 10.1. The van der Waals surface area contributed by atoms with Gasteiger partial charge in [0.25, 0.3) is 0 Å². The van der Waals surface area contributed by atoms with Gasteiger partial charge < -0.3 is 19.7 Å². The first-order valence-corrected chi connectivity index (χ1v) is 11.3. The molecule has 1 aliphatic rings. The molecule has 1 N–H and O–H groups in total. The number of hydrogen-bond acceptors (Lipinski definition) is 4. The Morgan fingerprint density at radius 2 is 1.62 bits per heavy atom. The fourth-order valence-electron chi connectivity index (χ4n) is 4.02. The zero-order valence-corrected chi connectivity index (χ0v) is 19.5. The lowest BCUT2D eigenvalue weighted by Gasteiger charge is -2.35. The molecule has 0 aliphatic carbocycles. The fraction of sp³-hybridized carbons (Fsp3) is 0.259. The van der Waals surface area contributed by atoms with Gasteiger partial charge in [-0.3, -0.25) is 9.69 Å². The molecule has 0 unspecified atom stereocenters. The van der Waals surface area contributed by atoms with Crippen molar-refractivity contribution in [3.63, 3.8) is 0 Å². The fourth-order valence-corrected chi connectivity index (χ4v) is 4.02. The molecule has 0 spiro atoms. The number of carbonyl (C=O) groups is 2. The van der Waals surface area contributed by atoms with Crippen LogP contribution >= 0.6 is 0 Å². The smallest absolute Gasteiger partial charge is 0.324 e. The lowest BCUT2D eigenvalue weighted by molar-refractivity contribution is -0.115. The van der Waals surface area contributed by atoms with Crippen LogP contribution in [-0.2, 0) is 17.8 Å². The number of urea groups is 1. The topological polar surface area (TPSA) is 71.1 Å². The molecule has 0 atom stereocenters. The third-order valence-corrected chi connectivity index (χ3v) is 5.81. The number of rotatable bonds is 8. The van der Waals surface area contributed by atoms with Crippen LogP contribution in [-0.4, -0.2) is 44.1 Å². The van der Waals surface area contributed by atoms with Crippen molar-refractivity contribution in [2.75, 3.05) is 37.5 Å². The lowest BCUT2D eigenvalue weighted by Crippen LogP contribution is -2.49. The summed E-state index contributed by atoms with van der Waals surface area (Å²) >= 11 is 0. The number of benzene rings is 3. The van der Waals surface area contributed by atoms with E-state index in [4.69, 9.17) is 9.47 Å². The van der Waals surface area contributed by atoms with E-state index < -0.39 is 0 Å². The number of methoxy groups -OCH3 is 2. The van der Waals surface area contributed by atoms with E-state index >= 15 is 0 Å². The summed E-state index contributed by atoms with van der Waals surface area (Å²) in [5, 5.41) is 2.92. The second kappa shape index (κ2) is 10.7. The van der Waals surface area contributed by atoms with Crippen molar-refractivity contribution in [1.29, 1.82) is 0 Å². The van der Waals surface area contributed by atoms with Gasteiger partial charge in [-0.1, -0.05) is 24.3 Å². The summed E-state index contributed by atoms with van der Waals surface area (Å²) in [5.74, 6) is 1.41. The van der Waals surface area contributed by atoms with Crippen LogP contribution in [0.2, 0.25) is 0 Å². The molecule has 1 aliphatic heterocycles. The quantitative estimate of drug-likeness (QED) is 0.529. The van der Waals surface area contributed by atoms with Gasteiger partial charge >= 0.3 is 6.03 Å². The van der Waals surface area contributed by atoms with Crippen molar-refractivity contribution >= 4 is 23.3 Å². The Labute approximate surface area is 199 Å². The zero-order chi connectivity index (χ0) is 23.9. The Bertz CT molecular complexity index is 1130. The number of amides is 3. The minimum atomic E-state index is -0.110. The van der Waals surface area contributed by atoms with E-state index in [0.29, 0.717) is 18.8 Å². The van der Waals surface area contributed by atoms with Gasteiger partial charge in [0.2, 0.25) is 5.91 Å². The Morgan fingerprint density at radius 3 is 2.32 bits per heavy atom. The van der Waals surface area contributed by atoms with Crippen LogP contribution in [0.5, 0.6) is 11.5 Å². The van der Waals surface area contributed by atoms with Crippen LogP contribution in [0, 0.1) is 0 Å². The molecule has 1 fully saturated rings. The molecule has 1 heterocycles. The van der Waals surface area contributed by atoms with Crippen molar-refractivity contribution in [2.24, 2.45) is 0 Å². The van der Waals surface area contributed by atoms with Gasteiger partial charge in [0.15, 0.2) is 0 Å². The molecule has 0 bridgehead atoms. The molecule has 7 nitrogen and oxygen atoms in total. The van der Waals surface area contributed by atoms with Gasteiger partial charge in [-0.2, -0.15) is 0 Å². The van der Waals surface area contributed by atoms with E-state index in [1.165, 1.54) is 0 Å². The van der Waals surface area contributed by atoms with E-state index in [9.17, 15) is 9.59 Å². The third-order valence-electron chi connectivity index (χ3n) is 5.81. The monoisotopic (exact) mass is 459 g/mol. The summed E-state index contributed by atoms with van der Waals surface area (Å²) in [6.07, 6.45) is 1.14. The van der Waals surface area contributed by atoms with Crippen LogP contribution in [0.25, 0.3) is 0 Å². The molecular formula is C27H29N3O4. The summed E-state index contributed by atoms with van der Waals surface area (Å²) in [6, 6.07) is 22.6. The number of anilines is 2. The van der Waals surface area contributed by atoms with Crippen LogP contribution in [0.15, 0.2) is 72.8 Å². The molecule has 4 rings (SSSR count). The average molecular weight is 460 g/mol. The predicted octanol–water partition coefficient (Wildman–Crippen LogP) is 4.72. The van der Waals surface area contributed by atoms with Crippen LogP contribution in [0.3, 0.4) is 0 Å². The van der Waals surface area contributed by atoms with E-state index in [0.717, 1.165) is 41.3 Å². The highest BCUT2D eigenvalue weighted by molar-refractivity contribution is 5.94. The van der Waals surface area contributed by atoms with Gasteiger partial charge in [0, 0.05) is 31.0 Å². The maximum atomic E-state index is 13.1. The number of nitrogens with zero attached hydrogens (tertiary/aromatic N) is 2. The highest BCUT2D eigenvalue weighted by Gasteiger charge is 2.26. The molecule has 3 amide bonds. The van der Waals surface area contributed by atoms with Crippen LogP contribution < -0.4 is 19.7 Å². The standard InChI is InChI=1S/C27H29N3O4/c1-33-24-13-7-20(8-14-24)19-29-15-4-16-30(27(29)32)23-11-9-22(10-12-23)28-26(31)18-21-5-3-6-25(17-21)34-2/h3,5-14,17H,4,15-16,18-19H2,1-2H3,(H,28,31). The Balaban J connectivity index is 1.36. The van der Waals surface area contributed by atoms with Crippen LogP contribution in [0.1, 0.15) is 17.5 Å². The molecule has 3 aromatic rings. The average Bonchev–Trinajstić information content (AvgIpc) is 2.86. The van der Waals surface area contributed by atoms with Gasteiger partial charge in [0.1, 0.15) is 11.5 Å². The van der Waals surface area contributed by atoms with Gasteiger partial charge in [-0.25, -0.2) is 4.79 Å². The summed E-state index contributed by atoms with van der Waals surface area (Å²) in [4.78, 5) is 29.2. The first-order valence-electron chi connectivity index (χ1n) is 11.3. The van der Waals surface area contributed by atoms with E-state index in [-0.39, 0.29) is 18.4 Å². The van der Waals surface area contributed by atoms with Crippen molar-refractivity contribution in [1.82, 2.24) is 4.90 Å². The summed E-state index contributed by atoms with van der Waals surface area (Å²) in [5.41, 5.74) is 3.45. The molecule has 7 heteroatoms. The SMILES string of the molecule is COc1ccc(CN2CCCN(c3ccc(NC(=O)Cc4cccc(OC)c4)cc3)C2=O)cc1. The second-order valence-corrected chi connectivity index (χ2v) is 8.18. The highest BCUT2D eigenvalue weighted by atomic mass is 16.5. The predicted molar refractivity (Wildman–Crippen MR) is 133 cm³/mol. The molecular weight excluding hydrogens is 430 g/mol. The number of nitrogens with one attached hydrogen (secondary N) is 1. The van der Waals surface area contributed by atoms with Crippen molar-refractivity contribution in [3.05, 3.63) is 83.9 Å². The minimum absolute atomic E-state index is 0.0168. The van der Waals surface area contributed by atoms with E-state index in [1.807, 2.05) is 77.7 Å². The summed E-state index contributed by atoms with van der Waals surface area (Å²) in [6.45, 7) is 1.94. The number of carbonyl (C=O) groups excluding carboxylic acids is 2. The minimum Gasteiger partial charge on any atom is -0.497 e. The maximum Gasteiger partial charge on any atom is 0.324 e. The van der Waals surface area contributed by atoms with Crippen LogP contribution in [0.4, 0.5) is 16.2 Å². The van der Waals surface area contributed by atoms with Gasteiger partial charge in [-0.05, 0) is 66.1 Å². The largest absolute Gasteiger partial charge is 0.497 e. The molecule has 0 saturated carbocycles.